The average molecular weight is 377 g/mol. The molecule has 1 saturated heterocycles. The zero-order valence-electron chi connectivity index (χ0n) is 15.3. The molecule has 28 heavy (non-hydrogen) atoms. The van der Waals surface area contributed by atoms with Gasteiger partial charge in [-0.15, -0.1) is 0 Å². The quantitative estimate of drug-likeness (QED) is 0.546. The van der Waals surface area contributed by atoms with Crippen LogP contribution in [0.5, 0.6) is 0 Å². The smallest absolute Gasteiger partial charge is 0.355 e. The van der Waals surface area contributed by atoms with Gasteiger partial charge in [-0.1, -0.05) is 36.4 Å². The maximum atomic E-state index is 12.9. The fraction of sp³-hybridized carbons (Fsp3) is 0.190. The van der Waals surface area contributed by atoms with Crippen molar-refractivity contribution in [1.29, 1.82) is 0 Å². The van der Waals surface area contributed by atoms with Crippen molar-refractivity contribution in [2.75, 3.05) is 18.1 Å². The Balaban J connectivity index is 1.68. The molecule has 0 saturated carbocycles. The zero-order chi connectivity index (χ0) is 19.7. The van der Waals surface area contributed by atoms with Crippen molar-refractivity contribution in [3.63, 3.8) is 0 Å². The summed E-state index contributed by atoms with van der Waals surface area (Å²) in [7, 11) is 0. The van der Waals surface area contributed by atoms with Crippen LogP contribution in [0.3, 0.4) is 0 Å². The zero-order valence-corrected chi connectivity index (χ0v) is 15.3. The van der Waals surface area contributed by atoms with Crippen LogP contribution in [0.1, 0.15) is 23.0 Å². The van der Waals surface area contributed by atoms with E-state index in [0.717, 1.165) is 10.9 Å². The number of carbonyl (C=O) groups is 3. The highest BCUT2D eigenvalue weighted by atomic mass is 16.5. The van der Waals surface area contributed by atoms with Gasteiger partial charge in [0.2, 0.25) is 0 Å². The highest BCUT2D eigenvalue weighted by Gasteiger charge is 2.38. The molecule has 1 fully saturated rings. The third-order valence-corrected chi connectivity index (χ3v) is 4.69. The van der Waals surface area contributed by atoms with Crippen LogP contribution < -0.4 is 4.90 Å². The Morgan fingerprint density at radius 1 is 1.07 bits per heavy atom. The molecule has 0 unspecified atom stereocenters. The normalized spacial score (nSPS) is 14.2. The largest absolute Gasteiger partial charge is 0.461 e. The van der Waals surface area contributed by atoms with E-state index in [2.05, 4.69) is 4.98 Å². The third kappa shape index (κ3) is 3.00. The number of hydrogen-bond donors (Lipinski definition) is 1. The molecule has 3 amide bonds. The van der Waals surface area contributed by atoms with Gasteiger partial charge in [-0.25, -0.2) is 14.5 Å². The number of amides is 3. The first-order valence-electron chi connectivity index (χ1n) is 9.03. The summed E-state index contributed by atoms with van der Waals surface area (Å²) in [5.41, 5.74) is 2.26. The Hall–Kier alpha value is -3.61. The number of ether oxygens (including phenoxy) is 1. The fourth-order valence-electron chi connectivity index (χ4n) is 3.44. The van der Waals surface area contributed by atoms with Crippen molar-refractivity contribution >= 4 is 34.5 Å². The molecule has 1 aliphatic heterocycles. The van der Waals surface area contributed by atoms with Crippen LogP contribution in [0.4, 0.5) is 10.5 Å². The van der Waals surface area contributed by atoms with Crippen molar-refractivity contribution in [2.45, 2.75) is 13.5 Å². The predicted molar refractivity (Wildman–Crippen MR) is 104 cm³/mol. The number of nitrogens with one attached hydrogen (secondary N) is 1. The molecule has 0 aliphatic carbocycles. The number of anilines is 1. The molecule has 3 aromatic rings. The second-order valence-electron chi connectivity index (χ2n) is 6.45. The molecule has 1 aliphatic rings. The Morgan fingerprint density at radius 3 is 2.54 bits per heavy atom. The lowest BCUT2D eigenvalue weighted by Crippen LogP contribution is -2.33. The molecular weight excluding hydrogens is 358 g/mol. The molecule has 7 nitrogen and oxygen atoms in total. The summed E-state index contributed by atoms with van der Waals surface area (Å²) in [6.07, 6.45) is 0. The number of para-hydroxylation sites is 2. The molecule has 4 rings (SSSR count). The maximum Gasteiger partial charge on any atom is 0.355 e. The Morgan fingerprint density at radius 2 is 1.79 bits per heavy atom. The number of nitrogens with zero attached hydrogens (tertiary/aromatic N) is 2. The van der Waals surface area contributed by atoms with E-state index >= 15 is 0 Å². The van der Waals surface area contributed by atoms with E-state index < -0.39 is 12.0 Å². The van der Waals surface area contributed by atoms with E-state index in [4.69, 9.17) is 4.74 Å². The lowest BCUT2D eigenvalue weighted by Gasteiger charge is -2.17. The van der Waals surface area contributed by atoms with E-state index in [0.29, 0.717) is 16.9 Å². The van der Waals surface area contributed by atoms with Crippen LogP contribution in [0.2, 0.25) is 0 Å². The van der Waals surface area contributed by atoms with Gasteiger partial charge < -0.3 is 14.6 Å². The second kappa shape index (κ2) is 7.19. The van der Waals surface area contributed by atoms with Gasteiger partial charge in [0.15, 0.2) is 0 Å². The molecular formula is C21H19N3O4. The SMILES string of the molecule is CCOC(=O)c1[nH]c2ccccc2c1CN1CC(=O)N(c2ccccc2)C1=O. The summed E-state index contributed by atoms with van der Waals surface area (Å²) < 4.78 is 5.15. The number of H-pyrrole nitrogens is 1. The number of aromatic nitrogens is 1. The first kappa shape index (κ1) is 17.8. The molecule has 7 heteroatoms. The summed E-state index contributed by atoms with van der Waals surface area (Å²) in [5.74, 6) is -0.777. The van der Waals surface area contributed by atoms with E-state index in [1.807, 2.05) is 30.3 Å². The number of urea groups is 1. The third-order valence-electron chi connectivity index (χ3n) is 4.69. The highest BCUT2D eigenvalue weighted by Crippen LogP contribution is 2.28. The van der Waals surface area contributed by atoms with Crippen molar-refractivity contribution < 1.29 is 19.1 Å². The summed E-state index contributed by atoms with van der Waals surface area (Å²) in [5, 5.41) is 0.823. The van der Waals surface area contributed by atoms with Gasteiger partial charge in [0, 0.05) is 16.5 Å². The molecule has 1 aromatic heterocycles. The van der Waals surface area contributed by atoms with E-state index in [9.17, 15) is 14.4 Å². The second-order valence-corrected chi connectivity index (χ2v) is 6.45. The van der Waals surface area contributed by atoms with Crippen LogP contribution in [0, 0.1) is 0 Å². The molecule has 0 spiro atoms. The first-order valence-corrected chi connectivity index (χ1v) is 9.03. The number of benzene rings is 2. The summed E-state index contributed by atoms with van der Waals surface area (Å²) in [6, 6.07) is 15.9. The van der Waals surface area contributed by atoms with Crippen LogP contribution in [-0.4, -0.2) is 40.9 Å². The van der Waals surface area contributed by atoms with E-state index in [1.54, 1.807) is 31.2 Å². The van der Waals surface area contributed by atoms with E-state index in [1.165, 1.54) is 9.80 Å². The summed E-state index contributed by atoms with van der Waals surface area (Å²) in [4.78, 5) is 43.5. The van der Waals surface area contributed by atoms with Crippen molar-refractivity contribution in [3.8, 4) is 0 Å². The van der Waals surface area contributed by atoms with Gasteiger partial charge in [0.05, 0.1) is 18.8 Å². The number of carbonyl (C=O) groups excluding carboxylic acids is 3. The highest BCUT2D eigenvalue weighted by molar-refractivity contribution is 6.19. The van der Waals surface area contributed by atoms with Crippen molar-refractivity contribution in [3.05, 3.63) is 65.9 Å². The Labute approximate surface area is 161 Å². The van der Waals surface area contributed by atoms with Gasteiger partial charge in [-0.3, -0.25) is 4.79 Å². The molecule has 0 bridgehead atoms. The number of imide groups is 1. The fourth-order valence-corrected chi connectivity index (χ4v) is 3.44. The van der Waals surface area contributed by atoms with Crippen molar-refractivity contribution in [1.82, 2.24) is 9.88 Å². The average Bonchev–Trinajstić information content (AvgIpc) is 3.20. The van der Waals surface area contributed by atoms with Crippen LogP contribution in [-0.2, 0) is 16.1 Å². The Bertz CT molecular complexity index is 1060. The van der Waals surface area contributed by atoms with Gasteiger partial charge in [0.25, 0.3) is 5.91 Å². The first-order chi connectivity index (χ1) is 13.6. The van der Waals surface area contributed by atoms with Gasteiger partial charge in [-0.2, -0.15) is 0 Å². The maximum absolute atomic E-state index is 12.9. The predicted octanol–water partition coefficient (Wildman–Crippen LogP) is 3.31. The molecule has 2 heterocycles. The molecule has 2 aromatic carbocycles. The Kier molecular flexibility index (Phi) is 4.57. The lowest BCUT2D eigenvalue weighted by molar-refractivity contribution is -0.116. The number of esters is 1. The standard InChI is InChI=1S/C21H19N3O4/c1-2-28-20(26)19-16(15-10-6-7-11-17(15)22-19)12-23-13-18(25)24(21(23)27)14-8-4-3-5-9-14/h3-11,22H,2,12-13H2,1H3. The van der Waals surface area contributed by atoms with Gasteiger partial charge >= 0.3 is 12.0 Å². The number of aromatic amines is 1. The van der Waals surface area contributed by atoms with Crippen LogP contribution in [0.25, 0.3) is 10.9 Å². The molecule has 1 N–H and O–H groups in total. The number of hydrogen-bond acceptors (Lipinski definition) is 4. The summed E-state index contributed by atoms with van der Waals surface area (Å²) >= 11 is 0. The number of rotatable bonds is 5. The van der Waals surface area contributed by atoms with Gasteiger partial charge in [0.1, 0.15) is 12.2 Å². The minimum Gasteiger partial charge on any atom is -0.461 e. The number of fused-ring (bicyclic) bond motifs is 1. The van der Waals surface area contributed by atoms with E-state index in [-0.39, 0.29) is 25.6 Å². The topological polar surface area (TPSA) is 82.7 Å². The molecule has 0 atom stereocenters. The minimum atomic E-state index is -0.480. The minimum absolute atomic E-state index is 0.0461. The van der Waals surface area contributed by atoms with Crippen LogP contribution in [0.15, 0.2) is 54.6 Å². The monoisotopic (exact) mass is 377 g/mol. The molecule has 0 radical (unpaired) electrons. The van der Waals surface area contributed by atoms with Gasteiger partial charge in [-0.05, 0) is 25.1 Å². The van der Waals surface area contributed by atoms with Crippen LogP contribution >= 0.6 is 0 Å². The molecule has 142 valence electrons. The lowest BCUT2D eigenvalue weighted by atomic mass is 10.1. The van der Waals surface area contributed by atoms with Crippen molar-refractivity contribution in [2.24, 2.45) is 0 Å². The summed E-state index contributed by atoms with van der Waals surface area (Å²) in [6.45, 7) is 2.07.